The molecular formula is C19H16F3N7O. The van der Waals surface area contributed by atoms with Gasteiger partial charge in [-0.15, -0.1) is 0 Å². The number of alkyl halides is 3. The first-order valence-electron chi connectivity index (χ1n) is 8.59. The lowest BCUT2D eigenvalue weighted by atomic mass is 10.2. The summed E-state index contributed by atoms with van der Waals surface area (Å²) in [4.78, 5) is 21.2. The number of carbonyl (C=O) groups is 1. The molecule has 3 aromatic rings. The number of dihydropyridines is 1. The van der Waals surface area contributed by atoms with Crippen molar-refractivity contribution in [2.75, 3.05) is 12.3 Å². The third-order valence-corrected chi connectivity index (χ3v) is 3.81. The number of nitrogens with one attached hydrogen (secondary N) is 1. The van der Waals surface area contributed by atoms with Gasteiger partial charge < -0.3 is 11.1 Å². The van der Waals surface area contributed by atoms with E-state index in [1.165, 1.54) is 24.8 Å². The minimum atomic E-state index is -4.57. The Hall–Kier alpha value is -4.02. The van der Waals surface area contributed by atoms with Crippen molar-refractivity contribution >= 4 is 12.2 Å². The van der Waals surface area contributed by atoms with Crippen molar-refractivity contribution in [3.8, 4) is 16.9 Å². The van der Waals surface area contributed by atoms with E-state index in [1.54, 1.807) is 24.4 Å². The highest BCUT2D eigenvalue weighted by Crippen LogP contribution is 2.33. The van der Waals surface area contributed by atoms with Crippen molar-refractivity contribution in [3.63, 3.8) is 0 Å². The number of nitrogens with zero attached hydrogens (tertiary/aromatic N) is 5. The Balaban J connectivity index is 0.000000269. The second-order valence-corrected chi connectivity index (χ2v) is 5.94. The molecule has 1 aliphatic heterocycles. The third kappa shape index (κ3) is 5.07. The summed E-state index contributed by atoms with van der Waals surface area (Å²) in [7, 11) is 0. The predicted molar refractivity (Wildman–Crippen MR) is 103 cm³/mol. The zero-order chi connectivity index (χ0) is 21.6. The quantitative estimate of drug-likeness (QED) is 0.633. The summed E-state index contributed by atoms with van der Waals surface area (Å²) in [6, 6.07) is 4.20. The Morgan fingerprint density at radius 3 is 2.50 bits per heavy atom. The number of nitrogen functional groups attached to an aromatic ring is 1. The van der Waals surface area contributed by atoms with Gasteiger partial charge in [-0.05, 0) is 18.2 Å². The molecule has 3 aromatic heterocycles. The van der Waals surface area contributed by atoms with Crippen molar-refractivity contribution in [2.24, 2.45) is 0 Å². The molecule has 30 heavy (non-hydrogen) atoms. The SMILES string of the molecule is Nc1ncc(-n2nc(-c3cccnc3)cc2C(F)(F)F)cn1.O=CC1=CNCC=C1. The highest BCUT2D eigenvalue weighted by Gasteiger charge is 2.36. The lowest BCUT2D eigenvalue weighted by molar-refractivity contribution is -0.142. The van der Waals surface area contributed by atoms with E-state index in [0.717, 1.165) is 23.6 Å². The van der Waals surface area contributed by atoms with Gasteiger partial charge in [0.25, 0.3) is 0 Å². The van der Waals surface area contributed by atoms with E-state index in [-0.39, 0.29) is 17.3 Å². The van der Waals surface area contributed by atoms with Crippen molar-refractivity contribution in [3.05, 3.63) is 72.6 Å². The molecule has 0 saturated carbocycles. The van der Waals surface area contributed by atoms with Gasteiger partial charge in [-0.1, -0.05) is 12.2 Å². The van der Waals surface area contributed by atoms with Crippen LogP contribution >= 0.6 is 0 Å². The normalized spacial score (nSPS) is 13.0. The highest BCUT2D eigenvalue weighted by molar-refractivity contribution is 5.77. The van der Waals surface area contributed by atoms with Crippen LogP contribution in [-0.4, -0.2) is 37.6 Å². The number of allylic oxidation sites excluding steroid dienone is 2. The van der Waals surface area contributed by atoms with Crippen LogP contribution in [-0.2, 0) is 11.0 Å². The molecule has 0 radical (unpaired) electrons. The molecule has 0 aromatic carbocycles. The molecule has 4 rings (SSSR count). The molecule has 0 saturated heterocycles. The van der Waals surface area contributed by atoms with Crippen molar-refractivity contribution in [1.29, 1.82) is 0 Å². The molecule has 0 bridgehead atoms. The molecule has 0 fully saturated rings. The number of carbonyl (C=O) groups excluding carboxylic acids is 1. The second-order valence-electron chi connectivity index (χ2n) is 5.94. The summed E-state index contributed by atoms with van der Waals surface area (Å²) >= 11 is 0. The lowest BCUT2D eigenvalue weighted by Gasteiger charge is -2.09. The van der Waals surface area contributed by atoms with Crippen LogP contribution in [0.25, 0.3) is 16.9 Å². The van der Waals surface area contributed by atoms with Gasteiger partial charge in [0.05, 0.1) is 18.1 Å². The smallest absolute Gasteiger partial charge is 0.387 e. The topological polar surface area (TPSA) is 112 Å². The monoisotopic (exact) mass is 415 g/mol. The summed E-state index contributed by atoms with van der Waals surface area (Å²) in [6.45, 7) is 0.831. The molecule has 0 aliphatic carbocycles. The van der Waals surface area contributed by atoms with Crippen LogP contribution in [0.5, 0.6) is 0 Å². The van der Waals surface area contributed by atoms with Crippen LogP contribution in [0.3, 0.4) is 0 Å². The highest BCUT2D eigenvalue weighted by atomic mass is 19.4. The first-order valence-corrected chi connectivity index (χ1v) is 8.59. The van der Waals surface area contributed by atoms with E-state index < -0.39 is 11.9 Å². The molecule has 0 amide bonds. The van der Waals surface area contributed by atoms with Gasteiger partial charge in [0.2, 0.25) is 5.95 Å². The molecule has 8 nitrogen and oxygen atoms in total. The van der Waals surface area contributed by atoms with Crippen LogP contribution in [0.15, 0.2) is 66.9 Å². The number of rotatable bonds is 3. The van der Waals surface area contributed by atoms with Crippen molar-refractivity contribution in [2.45, 2.75) is 6.18 Å². The van der Waals surface area contributed by atoms with Crippen LogP contribution in [0.4, 0.5) is 19.1 Å². The van der Waals surface area contributed by atoms with Gasteiger partial charge in [-0.3, -0.25) is 9.78 Å². The van der Waals surface area contributed by atoms with Crippen LogP contribution in [0, 0.1) is 0 Å². The van der Waals surface area contributed by atoms with Gasteiger partial charge in [-0.2, -0.15) is 18.3 Å². The number of anilines is 1. The number of hydrogen-bond donors (Lipinski definition) is 2. The molecule has 154 valence electrons. The summed E-state index contributed by atoms with van der Waals surface area (Å²) in [5, 5.41) is 6.89. The fourth-order valence-electron chi connectivity index (χ4n) is 2.44. The van der Waals surface area contributed by atoms with Crippen molar-refractivity contribution in [1.82, 2.24) is 30.0 Å². The molecule has 0 unspecified atom stereocenters. The fourth-order valence-corrected chi connectivity index (χ4v) is 2.44. The van der Waals surface area contributed by atoms with E-state index in [2.05, 4.69) is 25.4 Å². The second kappa shape index (κ2) is 8.99. The van der Waals surface area contributed by atoms with Gasteiger partial charge >= 0.3 is 6.18 Å². The number of hydrogen-bond acceptors (Lipinski definition) is 7. The molecular weight excluding hydrogens is 399 g/mol. The van der Waals surface area contributed by atoms with Gasteiger partial charge in [0.15, 0.2) is 6.29 Å². The lowest BCUT2D eigenvalue weighted by Crippen LogP contribution is -2.13. The number of nitrogens with two attached hydrogens (primary N) is 1. The number of halogens is 3. The van der Waals surface area contributed by atoms with E-state index in [0.29, 0.717) is 11.1 Å². The van der Waals surface area contributed by atoms with Crippen molar-refractivity contribution < 1.29 is 18.0 Å². The number of pyridine rings is 1. The Kier molecular flexibility index (Phi) is 6.20. The first kappa shape index (κ1) is 20.7. The average molecular weight is 415 g/mol. The zero-order valence-corrected chi connectivity index (χ0v) is 15.4. The van der Waals surface area contributed by atoms with Crippen LogP contribution in [0.1, 0.15) is 5.69 Å². The zero-order valence-electron chi connectivity index (χ0n) is 15.4. The van der Waals surface area contributed by atoms with E-state index in [1.807, 2.05) is 6.08 Å². The van der Waals surface area contributed by atoms with Gasteiger partial charge in [-0.25, -0.2) is 14.6 Å². The Morgan fingerprint density at radius 2 is 1.97 bits per heavy atom. The maximum absolute atomic E-state index is 13.2. The van der Waals surface area contributed by atoms with E-state index >= 15 is 0 Å². The summed E-state index contributed by atoms with van der Waals surface area (Å²) in [5.41, 5.74) is 5.81. The molecule has 4 heterocycles. The summed E-state index contributed by atoms with van der Waals surface area (Å²) in [5.74, 6) is -0.0306. The summed E-state index contributed by atoms with van der Waals surface area (Å²) < 4.78 is 40.3. The molecule has 11 heteroatoms. The van der Waals surface area contributed by atoms with Crippen LogP contribution in [0.2, 0.25) is 0 Å². The largest absolute Gasteiger partial charge is 0.433 e. The minimum Gasteiger partial charge on any atom is -0.387 e. The first-order chi connectivity index (χ1) is 14.4. The third-order valence-electron chi connectivity index (χ3n) is 3.81. The standard InChI is InChI=1S/C13H9F3N6.C6H7NO/c14-13(15,16)11-4-10(8-2-1-3-18-5-8)21-22(11)9-6-19-12(17)20-7-9;8-5-6-2-1-3-7-4-6/h1-7H,(H2,17,19,20);1-2,4-5,7H,3H2. The molecule has 0 spiro atoms. The Bertz CT molecular complexity index is 1060. The van der Waals surface area contributed by atoms with E-state index in [4.69, 9.17) is 5.73 Å². The van der Waals surface area contributed by atoms with Gasteiger partial charge in [0, 0.05) is 36.3 Å². The molecule has 3 N–H and O–H groups in total. The molecule has 0 atom stereocenters. The maximum atomic E-state index is 13.2. The van der Waals surface area contributed by atoms with Crippen LogP contribution < -0.4 is 11.1 Å². The maximum Gasteiger partial charge on any atom is 0.433 e. The Morgan fingerprint density at radius 1 is 1.20 bits per heavy atom. The minimum absolute atomic E-state index is 0.0306. The number of aldehydes is 1. The van der Waals surface area contributed by atoms with E-state index in [9.17, 15) is 18.0 Å². The molecule has 1 aliphatic rings. The fraction of sp³-hybridized carbons (Fsp3) is 0.105. The summed E-state index contributed by atoms with van der Waals surface area (Å²) in [6.07, 6.45) is 6.97. The predicted octanol–water partition coefficient (Wildman–Crippen LogP) is 2.55. The van der Waals surface area contributed by atoms with Gasteiger partial charge in [0.1, 0.15) is 11.4 Å². The average Bonchev–Trinajstić information content (AvgIpc) is 3.22. The Labute approximate surface area is 169 Å². The number of aromatic nitrogens is 5.